The third-order valence-electron chi connectivity index (χ3n) is 3.30. The molecule has 0 saturated heterocycles. The van der Waals surface area contributed by atoms with E-state index in [-0.39, 0.29) is 11.7 Å². The van der Waals surface area contributed by atoms with Gasteiger partial charge >= 0.3 is 5.97 Å². The minimum absolute atomic E-state index is 0.150. The van der Waals surface area contributed by atoms with Crippen molar-refractivity contribution in [2.24, 2.45) is 0 Å². The molecule has 1 aliphatic rings. The van der Waals surface area contributed by atoms with E-state index in [0.717, 1.165) is 36.8 Å². The van der Waals surface area contributed by atoms with Gasteiger partial charge in [-0.05, 0) is 43.2 Å². The molecule has 0 aliphatic heterocycles. The number of hydrogen-bond donors (Lipinski definition) is 1. The Kier molecular flexibility index (Phi) is 3.57. The SMILES string of the molecule is O=C(O)C=C1CCC(c2ccccc2F)CC1. The fraction of sp³-hybridized carbons (Fsp3) is 0.357. The number of halogens is 1. The molecule has 3 heteroatoms. The molecule has 2 rings (SSSR count). The number of hydrogen-bond acceptors (Lipinski definition) is 1. The summed E-state index contributed by atoms with van der Waals surface area (Å²) in [6, 6.07) is 6.85. The molecule has 17 heavy (non-hydrogen) atoms. The van der Waals surface area contributed by atoms with Crippen LogP contribution in [0.3, 0.4) is 0 Å². The topological polar surface area (TPSA) is 37.3 Å². The van der Waals surface area contributed by atoms with Crippen molar-refractivity contribution in [2.45, 2.75) is 31.6 Å². The molecule has 0 unspecified atom stereocenters. The number of carboxylic acid groups (broad SMARTS) is 1. The summed E-state index contributed by atoms with van der Waals surface area (Å²) in [4.78, 5) is 10.5. The van der Waals surface area contributed by atoms with Crippen LogP contribution < -0.4 is 0 Å². The first-order chi connectivity index (χ1) is 8.16. The summed E-state index contributed by atoms with van der Waals surface area (Å²) < 4.78 is 13.6. The summed E-state index contributed by atoms with van der Waals surface area (Å²) in [5.74, 6) is -0.811. The van der Waals surface area contributed by atoms with Crippen LogP contribution in [0.15, 0.2) is 35.9 Å². The monoisotopic (exact) mass is 234 g/mol. The zero-order valence-electron chi connectivity index (χ0n) is 9.53. The fourth-order valence-corrected chi connectivity index (χ4v) is 2.42. The van der Waals surface area contributed by atoms with E-state index in [1.165, 1.54) is 12.1 Å². The van der Waals surface area contributed by atoms with Gasteiger partial charge in [0.25, 0.3) is 0 Å². The van der Waals surface area contributed by atoms with Crippen molar-refractivity contribution in [2.75, 3.05) is 0 Å². The predicted octanol–water partition coefficient (Wildman–Crippen LogP) is 3.49. The minimum Gasteiger partial charge on any atom is -0.478 e. The molecule has 0 aromatic heterocycles. The molecule has 1 N–H and O–H groups in total. The lowest BCUT2D eigenvalue weighted by atomic mass is 9.81. The Bertz CT molecular complexity index is 441. The lowest BCUT2D eigenvalue weighted by molar-refractivity contribution is -0.131. The zero-order valence-corrected chi connectivity index (χ0v) is 9.53. The summed E-state index contributed by atoms with van der Waals surface area (Å²) in [5, 5.41) is 8.66. The highest BCUT2D eigenvalue weighted by Gasteiger charge is 2.20. The van der Waals surface area contributed by atoms with Crippen LogP contribution in [0.5, 0.6) is 0 Å². The molecule has 0 spiro atoms. The Morgan fingerprint density at radius 3 is 2.53 bits per heavy atom. The molecule has 0 bridgehead atoms. The van der Waals surface area contributed by atoms with E-state index < -0.39 is 5.97 Å². The van der Waals surface area contributed by atoms with Crippen LogP contribution in [0.4, 0.5) is 4.39 Å². The molecule has 1 saturated carbocycles. The van der Waals surface area contributed by atoms with Crippen molar-refractivity contribution >= 4 is 5.97 Å². The summed E-state index contributed by atoms with van der Waals surface area (Å²) in [6.07, 6.45) is 4.47. The van der Waals surface area contributed by atoms with Gasteiger partial charge in [-0.3, -0.25) is 0 Å². The lowest BCUT2D eigenvalue weighted by Gasteiger charge is -2.24. The average molecular weight is 234 g/mol. The average Bonchev–Trinajstić information content (AvgIpc) is 2.30. The van der Waals surface area contributed by atoms with Crippen molar-refractivity contribution in [3.05, 3.63) is 47.3 Å². The lowest BCUT2D eigenvalue weighted by Crippen LogP contribution is -2.09. The van der Waals surface area contributed by atoms with Crippen LogP contribution in [0.1, 0.15) is 37.2 Å². The Morgan fingerprint density at radius 1 is 1.29 bits per heavy atom. The van der Waals surface area contributed by atoms with Gasteiger partial charge in [0.2, 0.25) is 0 Å². The molecule has 0 radical (unpaired) electrons. The standard InChI is InChI=1S/C14H15FO2/c15-13-4-2-1-3-12(13)11-7-5-10(6-8-11)9-14(16)17/h1-4,9,11H,5-8H2,(H,16,17). The zero-order chi connectivity index (χ0) is 12.3. The van der Waals surface area contributed by atoms with Crippen molar-refractivity contribution < 1.29 is 14.3 Å². The van der Waals surface area contributed by atoms with Gasteiger partial charge in [0, 0.05) is 6.08 Å². The number of carboxylic acids is 1. The van der Waals surface area contributed by atoms with Crippen LogP contribution in [-0.4, -0.2) is 11.1 Å². The predicted molar refractivity (Wildman–Crippen MR) is 63.3 cm³/mol. The van der Waals surface area contributed by atoms with E-state index in [2.05, 4.69) is 0 Å². The largest absolute Gasteiger partial charge is 0.478 e. The second-order valence-electron chi connectivity index (χ2n) is 4.44. The Morgan fingerprint density at radius 2 is 1.94 bits per heavy atom. The highest BCUT2D eigenvalue weighted by atomic mass is 19.1. The Hall–Kier alpha value is -1.64. The van der Waals surface area contributed by atoms with Crippen LogP contribution in [0.2, 0.25) is 0 Å². The summed E-state index contributed by atoms with van der Waals surface area (Å²) in [5.41, 5.74) is 1.73. The van der Waals surface area contributed by atoms with Crippen molar-refractivity contribution in [3.8, 4) is 0 Å². The van der Waals surface area contributed by atoms with Crippen LogP contribution in [-0.2, 0) is 4.79 Å². The number of rotatable bonds is 2. The van der Waals surface area contributed by atoms with Gasteiger partial charge < -0.3 is 5.11 Å². The summed E-state index contributed by atoms with van der Waals surface area (Å²) >= 11 is 0. The fourth-order valence-electron chi connectivity index (χ4n) is 2.42. The molecule has 1 aromatic carbocycles. The van der Waals surface area contributed by atoms with Crippen molar-refractivity contribution in [3.63, 3.8) is 0 Å². The van der Waals surface area contributed by atoms with E-state index in [0.29, 0.717) is 0 Å². The maximum absolute atomic E-state index is 13.6. The number of aliphatic carboxylic acids is 1. The molecule has 1 aliphatic carbocycles. The molecule has 0 heterocycles. The molecular formula is C14H15FO2. The van der Waals surface area contributed by atoms with E-state index in [1.54, 1.807) is 6.07 Å². The summed E-state index contributed by atoms with van der Waals surface area (Å²) in [6.45, 7) is 0. The van der Waals surface area contributed by atoms with E-state index in [4.69, 9.17) is 5.11 Å². The maximum Gasteiger partial charge on any atom is 0.328 e. The third-order valence-corrected chi connectivity index (χ3v) is 3.30. The molecule has 2 nitrogen and oxygen atoms in total. The highest BCUT2D eigenvalue weighted by Crippen LogP contribution is 2.36. The highest BCUT2D eigenvalue weighted by molar-refractivity contribution is 5.80. The molecular weight excluding hydrogens is 219 g/mol. The number of allylic oxidation sites excluding steroid dienone is 1. The van der Waals surface area contributed by atoms with E-state index in [9.17, 15) is 9.18 Å². The van der Waals surface area contributed by atoms with Gasteiger partial charge in [0.15, 0.2) is 0 Å². The van der Waals surface area contributed by atoms with Crippen molar-refractivity contribution in [1.82, 2.24) is 0 Å². The summed E-state index contributed by atoms with van der Waals surface area (Å²) in [7, 11) is 0. The quantitative estimate of drug-likeness (QED) is 0.795. The first kappa shape index (κ1) is 11.8. The third kappa shape index (κ3) is 2.93. The van der Waals surface area contributed by atoms with Gasteiger partial charge in [-0.1, -0.05) is 23.8 Å². The first-order valence-corrected chi connectivity index (χ1v) is 5.83. The van der Waals surface area contributed by atoms with Gasteiger partial charge in [0.1, 0.15) is 5.82 Å². The molecule has 1 fully saturated rings. The van der Waals surface area contributed by atoms with Crippen LogP contribution in [0, 0.1) is 5.82 Å². The Balaban J connectivity index is 2.05. The number of benzene rings is 1. The molecule has 0 amide bonds. The maximum atomic E-state index is 13.6. The van der Waals surface area contributed by atoms with Crippen LogP contribution in [0.25, 0.3) is 0 Å². The smallest absolute Gasteiger partial charge is 0.328 e. The van der Waals surface area contributed by atoms with E-state index >= 15 is 0 Å². The molecule has 1 aromatic rings. The van der Waals surface area contributed by atoms with E-state index in [1.807, 2.05) is 12.1 Å². The normalized spacial score (nSPS) is 20.1. The Labute approximate surface area is 99.8 Å². The first-order valence-electron chi connectivity index (χ1n) is 5.83. The second kappa shape index (κ2) is 5.13. The van der Waals surface area contributed by atoms with Gasteiger partial charge in [-0.25, -0.2) is 9.18 Å². The van der Waals surface area contributed by atoms with Gasteiger partial charge in [-0.15, -0.1) is 0 Å². The number of carbonyl (C=O) groups is 1. The van der Waals surface area contributed by atoms with Crippen molar-refractivity contribution in [1.29, 1.82) is 0 Å². The molecule has 90 valence electrons. The van der Waals surface area contributed by atoms with Gasteiger partial charge in [0.05, 0.1) is 0 Å². The minimum atomic E-state index is -0.885. The second-order valence-corrected chi connectivity index (χ2v) is 4.44. The van der Waals surface area contributed by atoms with Crippen LogP contribution >= 0.6 is 0 Å². The molecule has 0 atom stereocenters. The van der Waals surface area contributed by atoms with Gasteiger partial charge in [-0.2, -0.15) is 0 Å².